The number of hydrogen-bond donors (Lipinski definition) is 4. The van der Waals surface area contributed by atoms with Crippen LogP contribution in [-0.4, -0.2) is 54.8 Å². The Hall–Kier alpha value is -3.90. The van der Waals surface area contributed by atoms with Gasteiger partial charge in [0, 0.05) is 25.0 Å². The van der Waals surface area contributed by atoms with Crippen LogP contribution < -0.4 is 0 Å². The van der Waals surface area contributed by atoms with Crippen LogP contribution in [0.25, 0.3) is 17.1 Å². The van der Waals surface area contributed by atoms with Crippen LogP contribution in [0.3, 0.4) is 0 Å². The van der Waals surface area contributed by atoms with Crippen molar-refractivity contribution in [1.29, 1.82) is 0 Å². The lowest BCUT2D eigenvalue weighted by Gasteiger charge is -2.24. The molecule has 12 heteroatoms. The van der Waals surface area contributed by atoms with Gasteiger partial charge in [0.15, 0.2) is 5.82 Å². The van der Waals surface area contributed by atoms with Gasteiger partial charge in [0.2, 0.25) is 10.0 Å². The Balaban J connectivity index is 1.86. The summed E-state index contributed by atoms with van der Waals surface area (Å²) in [6.07, 6.45) is 1.66. The van der Waals surface area contributed by atoms with E-state index in [1.165, 1.54) is 25.2 Å². The van der Waals surface area contributed by atoms with Gasteiger partial charge >= 0.3 is 6.01 Å². The SMILES string of the molecule is CC(c1ccc[nH]1)N(C)S(=O)(=O)c1cc(-c2nnc(O)n2-c2ccccc2F)c(O)cc1O. The molecule has 0 amide bonds. The highest BCUT2D eigenvalue weighted by molar-refractivity contribution is 7.89. The molecule has 0 radical (unpaired) electrons. The molecule has 0 bridgehead atoms. The van der Waals surface area contributed by atoms with Crippen molar-refractivity contribution in [2.45, 2.75) is 17.9 Å². The number of benzene rings is 2. The molecule has 1 atom stereocenters. The fourth-order valence-corrected chi connectivity index (χ4v) is 4.84. The summed E-state index contributed by atoms with van der Waals surface area (Å²) in [5.41, 5.74) is 0.316. The van der Waals surface area contributed by atoms with Crippen molar-refractivity contribution >= 4 is 10.0 Å². The van der Waals surface area contributed by atoms with Gasteiger partial charge in [-0.15, -0.1) is 5.10 Å². The number of phenolic OH excluding ortho intramolecular Hbond substituents is 2. The quantitative estimate of drug-likeness (QED) is 0.337. The molecule has 33 heavy (non-hydrogen) atoms. The molecule has 0 aliphatic rings. The van der Waals surface area contributed by atoms with Crippen LogP contribution in [0.1, 0.15) is 18.7 Å². The highest BCUT2D eigenvalue weighted by Gasteiger charge is 2.31. The normalized spacial score (nSPS) is 12.8. The molecule has 0 saturated carbocycles. The molecular formula is C21H20FN5O5S. The first-order valence-electron chi connectivity index (χ1n) is 9.70. The van der Waals surface area contributed by atoms with Crippen molar-refractivity contribution in [2.75, 3.05) is 7.05 Å². The number of sulfonamides is 1. The van der Waals surface area contributed by atoms with Gasteiger partial charge in [-0.05, 0) is 37.3 Å². The van der Waals surface area contributed by atoms with Crippen molar-refractivity contribution in [3.8, 4) is 34.6 Å². The van der Waals surface area contributed by atoms with E-state index >= 15 is 0 Å². The van der Waals surface area contributed by atoms with E-state index in [0.717, 1.165) is 27.1 Å². The van der Waals surface area contributed by atoms with Gasteiger partial charge < -0.3 is 20.3 Å². The third-order valence-corrected chi connectivity index (χ3v) is 7.29. The molecule has 2 heterocycles. The van der Waals surface area contributed by atoms with Crippen LogP contribution in [0.4, 0.5) is 4.39 Å². The first-order chi connectivity index (χ1) is 15.6. The molecule has 0 fully saturated rings. The van der Waals surface area contributed by atoms with Crippen LogP contribution >= 0.6 is 0 Å². The maximum absolute atomic E-state index is 14.4. The number of para-hydroxylation sites is 1. The molecule has 2 aromatic heterocycles. The highest BCUT2D eigenvalue weighted by atomic mass is 32.2. The van der Waals surface area contributed by atoms with Gasteiger partial charge in [-0.2, -0.15) is 4.31 Å². The summed E-state index contributed by atoms with van der Waals surface area (Å²) >= 11 is 0. The fraction of sp³-hybridized carbons (Fsp3) is 0.143. The highest BCUT2D eigenvalue weighted by Crippen LogP contribution is 2.40. The molecule has 0 aliphatic heterocycles. The molecule has 0 saturated heterocycles. The number of halogens is 1. The Morgan fingerprint density at radius 3 is 2.45 bits per heavy atom. The van der Waals surface area contributed by atoms with Gasteiger partial charge in [0.05, 0.1) is 17.3 Å². The number of H-pyrrole nitrogens is 1. The number of aromatic nitrogens is 4. The zero-order valence-electron chi connectivity index (χ0n) is 17.5. The lowest BCUT2D eigenvalue weighted by Crippen LogP contribution is -2.30. The van der Waals surface area contributed by atoms with Crippen molar-refractivity contribution < 1.29 is 28.1 Å². The van der Waals surface area contributed by atoms with E-state index in [1.807, 2.05) is 0 Å². The van der Waals surface area contributed by atoms with Crippen molar-refractivity contribution in [3.05, 3.63) is 66.2 Å². The third kappa shape index (κ3) is 3.79. The predicted octanol–water partition coefficient (Wildman–Crippen LogP) is 2.90. The minimum absolute atomic E-state index is 0.121. The second-order valence-corrected chi connectivity index (χ2v) is 9.24. The molecule has 2 aromatic carbocycles. The van der Waals surface area contributed by atoms with E-state index in [0.29, 0.717) is 5.69 Å². The fourth-order valence-electron chi connectivity index (χ4n) is 3.41. The number of phenols is 2. The summed E-state index contributed by atoms with van der Waals surface area (Å²) in [4.78, 5) is 2.43. The molecule has 4 rings (SSSR count). The Bertz CT molecular complexity index is 1420. The van der Waals surface area contributed by atoms with Gasteiger partial charge in [-0.1, -0.05) is 17.2 Å². The number of rotatable bonds is 6. The van der Waals surface area contributed by atoms with Gasteiger partial charge in [0.25, 0.3) is 0 Å². The molecule has 4 aromatic rings. The summed E-state index contributed by atoms with van der Waals surface area (Å²) in [5, 5.41) is 38.3. The molecular weight excluding hydrogens is 453 g/mol. The minimum atomic E-state index is -4.26. The van der Waals surface area contributed by atoms with E-state index in [1.54, 1.807) is 25.3 Å². The molecule has 0 spiro atoms. The van der Waals surface area contributed by atoms with Gasteiger partial charge in [-0.3, -0.25) is 0 Å². The molecule has 0 aliphatic carbocycles. The second-order valence-electron chi connectivity index (χ2n) is 7.27. The van der Waals surface area contributed by atoms with Gasteiger partial charge in [-0.25, -0.2) is 17.4 Å². The monoisotopic (exact) mass is 473 g/mol. The van der Waals surface area contributed by atoms with Crippen LogP contribution in [-0.2, 0) is 10.0 Å². The number of nitrogens with zero attached hydrogens (tertiary/aromatic N) is 4. The van der Waals surface area contributed by atoms with E-state index in [2.05, 4.69) is 15.2 Å². The molecule has 10 nitrogen and oxygen atoms in total. The Morgan fingerprint density at radius 2 is 1.79 bits per heavy atom. The summed E-state index contributed by atoms with van der Waals surface area (Å²) in [7, 11) is -2.92. The lowest BCUT2D eigenvalue weighted by molar-refractivity contribution is 0.387. The average molecular weight is 473 g/mol. The second kappa shape index (κ2) is 8.22. The van der Waals surface area contributed by atoms with Gasteiger partial charge in [0.1, 0.15) is 22.2 Å². The van der Waals surface area contributed by atoms with Crippen molar-refractivity contribution in [3.63, 3.8) is 0 Å². The first kappa shape index (κ1) is 22.3. The Morgan fingerprint density at radius 1 is 1.06 bits per heavy atom. The topological polar surface area (TPSA) is 145 Å². The van der Waals surface area contributed by atoms with E-state index < -0.39 is 44.3 Å². The van der Waals surface area contributed by atoms with Crippen molar-refractivity contribution in [1.82, 2.24) is 24.1 Å². The van der Waals surface area contributed by atoms with Crippen LogP contribution in [0.5, 0.6) is 17.5 Å². The summed E-state index contributed by atoms with van der Waals surface area (Å²) in [5.74, 6) is -2.18. The molecule has 172 valence electrons. The van der Waals surface area contributed by atoms with Crippen molar-refractivity contribution in [2.24, 2.45) is 0 Å². The smallest absolute Gasteiger partial charge is 0.319 e. The zero-order valence-corrected chi connectivity index (χ0v) is 18.3. The standard InChI is InChI=1S/C21H20FN5O5S/c1-12(15-7-5-9-23-15)26(2)33(31,32)19-10-13(17(28)11-18(19)29)20-24-25-21(30)27(20)16-8-4-3-6-14(16)22/h3-12,23,28-29H,1-2H3,(H,25,30). The minimum Gasteiger partial charge on any atom is -0.507 e. The summed E-state index contributed by atoms with van der Waals surface area (Å²) in [6.45, 7) is 1.66. The maximum Gasteiger partial charge on any atom is 0.319 e. The van der Waals surface area contributed by atoms with E-state index in [4.69, 9.17) is 0 Å². The Kier molecular flexibility index (Phi) is 5.56. The number of hydrogen-bond acceptors (Lipinski definition) is 7. The third-order valence-electron chi connectivity index (χ3n) is 5.33. The van der Waals surface area contributed by atoms with Crippen LogP contribution in [0, 0.1) is 5.82 Å². The largest absolute Gasteiger partial charge is 0.507 e. The molecule has 1 unspecified atom stereocenters. The summed E-state index contributed by atoms with van der Waals surface area (Å²) in [6, 6.07) is 9.48. The average Bonchev–Trinajstić information content (AvgIpc) is 3.43. The molecule has 4 N–H and O–H groups in total. The van der Waals surface area contributed by atoms with Crippen LogP contribution in [0.2, 0.25) is 0 Å². The number of nitrogens with one attached hydrogen (secondary N) is 1. The number of aromatic amines is 1. The van der Waals surface area contributed by atoms with E-state index in [9.17, 15) is 28.1 Å². The lowest BCUT2D eigenvalue weighted by atomic mass is 10.1. The maximum atomic E-state index is 14.4. The number of aromatic hydroxyl groups is 3. The predicted molar refractivity (Wildman–Crippen MR) is 116 cm³/mol. The zero-order chi connectivity index (χ0) is 23.9. The van der Waals surface area contributed by atoms with Crippen LogP contribution in [0.15, 0.2) is 59.6 Å². The Labute approximate surface area is 188 Å². The summed E-state index contributed by atoms with van der Waals surface area (Å²) < 4.78 is 43.0. The van der Waals surface area contributed by atoms with E-state index in [-0.39, 0.29) is 17.1 Å². The first-order valence-corrected chi connectivity index (χ1v) is 11.1.